The zero-order valence-electron chi connectivity index (χ0n) is 12.0. The molecule has 0 aliphatic carbocycles. The van der Waals surface area contributed by atoms with Crippen LogP contribution in [-0.2, 0) is 11.2 Å². The molecule has 0 spiro atoms. The molecule has 0 N–H and O–H groups in total. The molecule has 19 heavy (non-hydrogen) atoms. The highest BCUT2D eigenvalue weighted by Crippen LogP contribution is 2.31. The second kappa shape index (κ2) is 5.91. The molecule has 2 rings (SSSR count). The minimum absolute atomic E-state index is 0.0377. The van der Waals surface area contributed by atoms with Gasteiger partial charge in [0.05, 0.1) is 13.2 Å². The highest BCUT2D eigenvalue weighted by Gasteiger charge is 2.21. The zero-order valence-corrected chi connectivity index (χ0v) is 12.0. The first-order valence-electron chi connectivity index (χ1n) is 6.97. The number of hydrogen-bond acceptors (Lipinski definition) is 2. The molecule has 0 aromatic heterocycles. The predicted octanol–water partition coefficient (Wildman–Crippen LogP) is 3.97. The van der Waals surface area contributed by atoms with Crippen LogP contribution in [-0.4, -0.2) is 19.3 Å². The van der Waals surface area contributed by atoms with Crippen LogP contribution in [0.25, 0.3) is 0 Å². The van der Waals surface area contributed by atoms with Crippen LogP contribution in [0.3, 0.4) is 0 Å². The van der Waals surface area contributed by atoms with Gasteiger partial charge in [-0.15, -0.1) is 0 Å². The Hall–Kier alpha value is -1.09. The molecule has 1 saturated heterocycles. The second-order valence-corrected chi connectivity index (χ2v) is 6.38. The SMILES string of the molecule is CC(C)(C)Cc1c(F)cccc1OC1CCOCC1. The van der Waals surface area contributed by atoms with Gasteiger partial charge in [-0.1, -0.05) is 26.8 Å². The number of halogens is 1. The van der Waals surface area contributed by atoms with Gasteiger partial charge in [0.15, 0.2) is 0 Å². The van der Waals surface area contributed by atoms with Gasteiger partial charge in [-0.05, 0) is 24.0 Å². The van der Waals surface area contributed by atoms with Gasteiger partial charge in [0, 0.05) is 18.4 Å². The molecule has 0 unspecified atom stereocenters. The largest absolute Gasteiger partial charge is 0.490 e. The fourth-order valence-corrected chi connectivity index (χ4v) is 2.32. The molecular formula is C16H23FO2. The topological polar surface area (TPSA) is 18.5 Å². The maximum atomic E-state index is 14.0. The average Bonchev–Trinajstić information content (AvgIpc) is 2.34. The van der Waals surface area contributed by atoms with Gasteiger partial charge >= 0.3 is 0 Å². The maximum absolute atomic E-state index is 14.0. The Morgan fingerprint density at radius 2 is 1.95 bits per heavy atom. The van der Waals surface area contributed by atoms with E-state index in [1.807, 2.05) is 6.07 Å². The van der Waals surface area contributed by atoms with Crippen molar-refractivity contribution in [2.45, 2.75) is 46.1 Å². The summed E-state index contributed by atoms with van der Waals surface area (Å²) in [6, 6.07) is 5.10. The highest BCUT2D eigenvalue weighted by atomic mass is 19.1. The molecule has 0 amide bonds. The van der Waals surface area contributed by atoms with Crippen molar-refractivity contribution in [3.8, 4) is 5.75 Å². The molecule has 1 aromatic rings. The third-order valence-corrected chi connectivity index (χ3v) is 3.24. The molecular weight excluding hydrogens is 243 g/mol. The van der Waals surface area contributed by atoms with E-state index in [4.69, 9.17) is 9.47 Å². The summed E-state index contributed by atoms with van der Waals surface area (Å²) in [6.07, 6.45) is 2.59. The van der Waals surface area contributed by atoms with Crippen molar-refractivity contribution in [1.82, 2.24) is 0 Å². The van der Waals surface area contributed by atoms with Gasteiger partial charge in [-0.25, -0.2) is 4.39 Å². The lowest BCUT2D eigenvalue weighted by atomic mass is 9.87. The van der Waals surface area contributed by atoms with E-state index in [-0.39, 0.29) is 17.3 Å². The van der Waals surface area contributed by atoms with Crippen LogP contribution in [0.4, 0.5) is 4.39 Å². The van der Waals surface area contributed by atoms with E-state index < -0.39 is 0 Å². The minimum atomic E-state index is -0.167. The second-order valence-electron chi connectivity index (χ2n) is 6.38. The molecule has 1 heterocycles. The van der Waals surface area contributed by atoms with Crippen LogP contribution in [0, 0.1) is 11.2 Å². The first kappa shape index (κ1) is 14.3. The quantitative estimate of drug-likeness (QED) is 0.824. The normalized spacial score (nSPS) is 17.5. The molecule has 1 aliphatic rings. The summed E-state index contributed by atoms with van der Waals surface area (Å²) in [5.74, 6) is 0.529. The maximum Gasteiger partial charge on any atom is 0.130 e. The molecule has 3 heteroatoms. The molecule has 0 atom stereocenters. The third-order valence-electron chi connectivity index (χ3n) is 3.24. The van der Waals surface area contributed by atoms with E-state index in [1.54, 1.807) is 6.07 Å². The molecule has 1 fully saturated rings. The fourth-order valence-electron chi connectivity index (χ4n) is 2.32. The lowest BCUT2D eigenvalue weighted by molar-refractivity contribution is 0.0249. The lowest BCUT2D eigenvalue weighted by Crippen LogP contribution is -2.26. The van der Waals surface area contributed by atoms with Crippen LogP contribution in [0.15, 0.2) is 18.2 Å². The van der Waals surface area contributed by atoms with E-state index in [0.29, 0.717) is 17.7 Å². The van der Waals surface area contributed by atoms with Crippen molar-refractivity contribution in [2.24, 2.45) is 5.41 Å². The molecule has 0 saturated carbocycles. The molecule has 0 bridgehead atoms. The van der Waals surface area contributed by atoms with Crippen LogP contribution in [0.2, 0.25) is 0 Å². The predicted molar refractivity (Wildman–Crippen MR) is 74.0 cm³/mol. The number of rotatable bonds is 3. The Bertz CT molecular complexity index is 417. The summed E-state index contributed by atoms with van der Waals surface area (Å²) in [6.45, 7) is 7.79. The standard InChI is InChI=1S/C16H23FO2/c1-16(2,3)11-13-14(17)5-4-6-15(13)19-12-7-9-18-10-8-12/h4-6,12H,7-11H2,1-3H3. The summed E-state index contributed by atoms with van der Waals surface area (Å²) in [5, 5.41) is 0. The van der Waals surface area contributed by atoms with Gasteiger partial charge in [-0.2, -0.15) is 0 Å². The number of hydrogen-bond donors (Lipinski definition) is 0. The van der Waals surface area contributed by atoms with E-state index in [9.17, 15) is 4.39 Å². The van der Waals surface area contributed by atoms with Crippen molar-refractivity contribution in [3.05, 3.63) is 29.6 Å². The van der Waals surface area contributed by atoms with E-state index in [2.05, 4.69) is 20.8 Å². The Labute approximate surface area is 114 Å². The average molecular weight is 266 g/mol. The summed E-state index contributed by atoms with van der Waals surface area (Å²) in [7, 11) is 0. The summed E-state index contributed by atoms with van der Waals surface area (Å²) in [5.41, 5.74) is 0.734. The molecule has 1 aliphatic heterocycles. The molecule has 0 radical (unpaired) electrons. The zero-order chi connectivity index (χ0) is 13.9. The van der Waals surface area contributed by atoms with Crippen molar-refractivity contribution in [3.63, 3.8) is 0 Å². The van der Waals surface area contributed by atoms with Gasteiger partial charge in [-0.3, -0.25) is 0 Å². The first-order chi connectivity index (χ1) is 8.96. The lowest BCUT2D eigenvalue weighted by Gasteiger charge is -2.26. The Kier molecular flexibility index (Phi) is 4.46. The van der Waals surface area contributed by atoms with Crippen molar-refractivity contribution < 1.29 is 13.9 Å². The van der Waals surface area contributed by atoms with Gasteiger partial charge in [0.1, 0.15) is 17.7 Å². The molecule has 106 valence electrons. The Morgan fingerprint density at radius 3 is 2.58 bits per heavy atom. The van der Waals surface area contributed by atoms with Gasteiger partial charge in [0.25, 0.3) is 0 Å². The molecule has 2 nitrogen and oxygen atoms in total. The van der Waals surface area contributed by atoms with Crippen molar-refractivity contribution in [2.75, 3.05) is 13.2 Å². The van der Waals surface area contributed by atoms with Crippen molar-refractivity contribution in [1.29, 1.82) is 0 Å². The third kappa shape index (κ3) is 4.20. The van der Waals surface area contributed by atoms with Crippen LogP contribution in [0.1, 0.15) is 39.2 Å². The molecule has 1 aromatic carbocycles. The van der Waals surface area contributed by atoms with Gasteiger partial charge in [0.2, 0.25) is 0 Å². The van der Waals surface area contributed by atoms with Crippen LogP contribution < -0.4 is 4.74 Å². The summed E-state index contributed by atoms with van der Waals surface area (Å²) < 4.78 is 25.3. The number of ether oxygens (including phenoxy) is 2. The van der Waals surface area contributed by atoms with Crippen LogP contribution >= 0.6 is 0 Å². The monoisotopic (exact) mass is 266 g/mol. The summed E-state index contributed by atoms with van der Waals surface area (Å²) >= 11 is 0. The Morgan fingerprint density at radius 1 is 1.26 bits per heavy atom. The number of benzene rings is 1. The van der Waals surface area contributed by atoms with Crippen LogP contribution in [0.5, 0.6) is 5.75 Å². The van der Waals surface area contributed by atoms with E-state index in [1.165, 1.54) is 6.07 Å². The minimum Gasteiger partial charge on any atom is -0.490 e. The van der Waals surface area contributed by atoms with Gasteiger partial charge < -0.3 is 9.47 Å². The highest BCUT2D eigenvalue weighted by molar-refractivity contribution is 5.35. The summed E-state index contributed by atoms with van der Waals surface area (Å²) in [4.78, 5) is 0. The fraction of sp³-hybridized carbons (Fsp3) is 0.625. The van der Waals surface area contributed by atoms with Crippen molar-refractivity contribution >= 4 is 0 Å². The van der Waals surface area contributed by atoms with E-state index in [0.717, 1.165) is 26.1 Å². The van der Waals surface area contributed by atoms with E-state index >= 15 is 0 Å². The Balaban J connectivity index is 2.16. The first-order valence-corrected chi connectivity index (χ1v) is 6.97. The smallest absolute Gasteiger partial charge is 0.130 e.